The zero-order valence-corrected chi connectivity index (χ0v) is 19.3. The molecule has 1 fully saturated rings. The lowest BCUT2D eigenvalue weighted by Crippen LogP contribution is -2.47. The number of aromatic nitrogens is 3. The highest BCUT2D eigenvalue weighted by Gasteiger charge is 2.35. The smallest absolute Gasteiger partial charge is 0.248 e. The molecule has 9 nitrogen and oxygen atoms in total. The lowest BCUT2D eigenvalue weighted by Gasteiger charge is -2.32. The summed E-state index contributed by atoms with van der Waals surface area (Å²) in [6.07, 6.45) is 3.24. The number of ether oxygens (including phenoxy) is 1. The maximum atomic E-state index is 13.7. The Balaban J connectivity index is 1.43. The lowest BCUT2D eigenvalue weighted by atomic mass is 10.1. The number of carbonyl (C=O) groups is 2. The fourth-order valence-electron chi connectivity index (χ4n) is 4.17. The van der Waals surface area contributed by atoms with Crippen molar-refractivity contribution in [1.82, 2.24) is 25.2 Å². The summed E-state index contributed by atoms with van der Waals surface area (Å²) in [5.41, 5.74) is 1.48. The topological polar surface area (TPSA) is 102 Å². The molecule has 1 N–H and O–H groups in total. The number of rotatable bonds is 9. The van der Waals surface area contributed by atoms with E-state index in [2.05, 4.69) is 15.6 Å². The van der Waals surface area contributed by atoms with Gasteiger partial charge in [0.1, 0.15) is 23.9 Å². The normalized spacial score (nSPS) is 16.5. The number of fused-ring (bicyclic) bond motifs is 1. The van der Waals surface area contributed by atoms with E-state index in [0.29, 0.717) is 24.4 Å². The molecule has 0 saturated carbocycles. The Morgan fingerprint density at radius 2 is 2.12 bits per heavy atom. The van der Waals surface area contributed by atoms with Gasteiger partial charge in [-0.3, -0.25) is 9.59 Å². The van der Waals surface area contributed by atoms with E-state index in [9.17, 15) is 9.59 Å². The molecule has 0 radical (unpaired) electrons. The SMILES string of the molecule is O=C(NCc1ccco1)C(c1cccs1)N(CC1CCCO1)C(=O)Cn1nnc2ccccc21. The molecule has 1 saturated heterocycles. The van der Waals surface area contributed by atoms with Crippen LogP contribution in [0.1, 0.15) is 29.5 Å². The van der Waals surface area contributed by atoms with Crippen molar-refractivity contribution in [3.8, 4) is 0 Å². The molecule has 2 amide bonds. The summed E-state index contributed by atoms with van der Waals surface area (Å²) in [6, 6.07) is 14.0. The van der Waals surface area contributed by atoms with Gasteiger partial charge in [-0.1, -0.05) is 23.4 Å². The Labute approximate surface area is 200 Å². The summed E-state index contributed by atoms with van der Waals surface area (Å²) < 4.78 is 12.8. The molecule has 4 heterocycles. The third-order valence-corrected chi connectivity index (χ3v) is 6.76. The van der Waals surface area contributed by atoms with Crippen LogP contribution in [-0.4, -0.2) is 51.0 Å². The number of para-hydroxylation sites is 1. The first-order valence-electron chi connectivity index (χ1n) is 11.2. The largest absolute Gasteiger partial charge is 0.467 e. The van der Waals surface area contributed by atoms with Crippen LogP contribution in [0.5, 0.6) is 0 Å². The zero-order valence-electron chi connectivity index (χ0n) is 18.5. The highest BCUT2D eigenvalue weighted by molar-refractivity contribution is 7.10. The van der Waals surface area contributed by atoms with Gasteiger partial charge in [0.25, 0.3) is 0 Å². The van der Waals surface area contributed by atoms with Crippen molar-refractivity contribution in [2.75, 3.05) is 13.2 Å². The number of furan rings is 1. The maximum Gasteiger partial charge on any atom is 0.248 e. The molecule has 2 atom stereocenters. The minimum Gasteiger partial charge on any atom is -0.467 e. The summed E-state index contributed by atoms with van der Waals surface area (Å²) in [4.78, 5) is 29.6. The van der Waals surface area contributed by atoms with E-state index in [4.69, 9.17) is 9.15 Å². The second-order valence-corrected chi connectivity index (χ2v) is 9.11. The van der Waals surface area contributed by atoms with E-state index in [1.165, 1.54) is 11.3 Å². The number of amides is 2. The first-order valence-corrected chi connectivity index (χ1v) is 12.1. The van der Waals surface area contributed by atoms with E-state index in [1.54, 1.807) is 28.0 Å². The Kier molecular flexibility index (Phi) is 6.68. The van der Waals surface area contributed by atoms with Crippen LogP contribution in [0.4, 0.5) is 0 Å². The van der Waals surface area contributed by atoms with Crippen molar-refractivity contribution in [1.29, 1.82) is 0 Å². The van der Waals surface area contributed by atoms with Crippen LogP contribution in [0.3, 0.4) is 0 Å². The lowest BCUT2D eigenvalue weighted by molar-refractivity contribution is -0.143. The highest BCUT2D eigenvalue weighted by atomic mass is 32.1. The molecule has 1 aromatic carbocycles. The number of hydrogen-bond donors (Lipinski definition) is 1. The van der Waals surface area contributed by atoms with Gasteiger partial charge in [0.15, 0.2) is 0 Å². The minimum absolute atomic E-state index is 0.0272. The molecule has 0 bridgehead atoms. The van der Waals surface area contributed by atoms with Crippen LogP contribution in [0.2, 0.25) is 0 Å². The monoisotopic (exact) mass is 479 g/mol. The summed E-state index contributed by atoms with van der Waals surface area (Å²) >= 11 is 1.44. The van der Waals surface area contributed by atoms with Crippen molar-refractivity contribution in [3.05, 3.63) is 70.8 Å². The molecular weight excluding hydrogens is 454 g/mol. The van der Waals surface area contributed by atoms with Gasteiger partial charge in [0.2, 0.25) is 11.8 Å². The summed E-state index contributed by atoms with van der Waals surface area (Å²) in [7, 11) is 0. The second-order valence-electron chi connectivity index (χ2n) is 8.13. The summed E-state index contributed by atoms with van der Waals surface area (Å²) in [6.45, 7) is 1.20. The van der Waals surface area contributed by atoms with Gasteiger partial charge in [-0.05, 0) is 48.6 Å². The molecule has 176 valence electrons. The van der Waals surface area contributed by atoms with Gasteiger partial charge in [0, 0.05) is 18.0 Å². The summed E-state index contributed by atoms with van der Waals surface area (Å²) in [5.74, 6) is 0.149. The standard InChI is InChI=1S/C24H25N5O4S/c30-22(16-29-20-9-2-1-8-19(20)26-27-29)28(15-18-7-4-12-33-18)23(21-10-5-13-34-21)24(31)25-14-17-6-3-11-32-17/h1-3,5-6,8-11,13,18,23H,4,7,12,14-16H2,(H,25,31). The van der Waals surface area contributed by atoms with Crippen LogP contribution in [0.25, 0.3) is 11.0 Å². The van der Waals surface area contributed by atoms with Crippen molar-refractivity contribution in [2.45, 2.75) is 38.1 Å². The molecule has 1 aliphatic heterocycles. The maximum absolute atomic E-state index is 13.7. The Morgan fingerprint density at radius 1 is 1.21 bits per heavy atom. The highest BCUT2D eigenvalue weighted by Crippen LogP contribution is 2.28. The molecule has 2 unspecified atom stereocenters. The average molecular weight is 480 g/mol. The Hall–Kier alpha value is -3.50. The van der Waals surface area contributed by atoms with E-state index < -0.39 is 6.04 Å². The predicted octanol–water partition coefficient (Wildman–Crippen LogP) is 3.15. The third-order valence-electron chi connectivity index (χ3n) is 5.84. The van der Waals surface area contributed by atoms with E-state index in [1.807, 2.05) is 41.8 Å². The fourth-order valence-corrected chi connectivity index (χ4v) is 5.00. The molecule has 1 aliphatic rings. The van der Waals surface area contributed by atoms with Gasteiger partial charge < -0.3 is 19.4 Å². The van der Waals surface area contributed by atoms with Gasteiger partial charge >= 0.3 is 0 Å². The molecule has 3 aromatic heterocycles. The van der Waals surface area contributed by atoms with Gasteiger partial charge in [0.05, 0.1) is 24.4 Å². The number of hydrogen-bond acceptors (Lipinski definition) is 7. The minimum atomic E-state index is -0.790. The molecule has 0 spiro atoms. The quantitative estimate of drug-likeness (QED) is 0.396. The predicted molar refractivity (Wildman–Crippen MR) is 126 cm³/mol. The third kappa shape index (κ3) is 4.87. The number of nitrogens with zero attached hydrogens (tertiary/aromatic N) is 4. The zero-order chi connectivity index (χ0) is 23.3. The van der Waals surface area contributed by atoms with Crippen molar-refractivity contribution in [3.63, 3.8) is 0 Å². The number of carbonyl (C=O) groups excluding carboxylic acids is 2. The van der Waals surface area contributed by atoms with E-state index >= 15 is 0 Å². The summed E-state index contributed by atoms with van der Waals surface area (Å²) in [5, 5.41) is 13.1. The van der Waals surface area contributed by atoms with E-state index in [-0.39, 0.29) is 31.0 Å². The fraction of sp³-hybridized carbons (Fsp3) is 0.333. The molecule has 34 heavy (non-hydrogen) atoms. The van der Waals surface area contributed by atoms with Crippen LogP contribution in [0, 0.1) is 0 Å². The van der Waals surface area contributed by atoms with Crippen molar-refractivity contribution >= 4 is 34.2 Å². The van der Waals surface area contributed by atoms with Gasteiger partial charge in [-0.2, -0.15) is 0 Å². The van der Waals surface area contributed by atoms with Crippen molar-refractivity contribution < 1.29 is 18.7 Å². The van der Waals surface area contributed by atoms with Crippen LogP contribution in [0.15, 0.2) is 64.6 Å². The second kappa shape index (κ2) is 10.2. The van der Waals surface area contributed by atoms with Crippen molar-refractivity contribution in [2.24, 2.45) is 0 Å². The average Bonchev–Trinajstić information content (AvgIpc) is 3.66. The Bertz CT molecular complexity index is 1230. The molecular formula is C24H25N5O4S. The molecule has 4 aromatic rings. The molecule has 5 rings (SSSR count). The first kappa shape index (κ1) is 22.3. The van der Waals surface area contributed by atoms with Gasteiger partial charge in [-0.15, -0.1) is 16.4 Å². The van der Waals surface area contributed by atoms with Crippen LogP contribution in [-0.2, 0) is 27.4 Å². The first-order chi connectivity index (χ1) is 16.7. The Morgan fingerprint density at radius 3 is 2.88 bits per heavy atom. The number of benzene rings is 1. The van der Waals surface area contributed by atoms with Crippen LogP contribution >= 0.6 is 11.3 Å². The van der Waals surface area contributed by atoms with Gasteiger partial charge in [-0.25, -0.2) is 4.68 Å². The van der Waals surface area contributed by atoms with E-state index in [0.717, 1.165) is 23.2 Å². The van der Waals surface area contributed by atoms with Crippen LogP contribution < -0.4 is 5.32 Å². The molecule has 0 aliphatic carbocycles. The number of thiophene rings is 1. The number of nitrogens with one attached hydrogen (secondary N) is 1. The molecule has 10 heteroatoms.